The van der Waals surface area contributed by atoms with E-state index in [-0.39, 0.29) is 12.5 Å². The Kier molecular flexibility index (Phi) is 2.78. The Bertz CT molecular complexity index is 374. The van der Waals surface area contributed by atoms with E-state index in [1.807, 2.05) is 0 Å². The van der Waals surface area contributed by atoms with Gasteiger partial charge in [0.25, 0.3) is 11.8 Å². The molecule has 17 heavy (non-hydrogen) atoms. The summed E-state index contributed by atoms with van der Waals surface area (Å²) in [5, 5.41) is 3.72. The minimum atomic E-state index is -0.941. The van der Waals surface area contributed by atoms with Crippen molar-refractivity contribution in [1.82, 2.24) is 15.3 Å². The molecule has 0 spiro atoms. The van der Waals surface area contributed by atoms with Gasteiger partial charge in [-0.25, -0.2) is 9.86 Å². The van der Waals surface area contributed by atoms with Crippen LogP contribution in [0.5, 0.6) is 0 Å². The molecule has 0 unspecified atom stereocenters. The molecule has 0 aromatic carbocycles. The third-order valence-corrected chi connectivity index (χ3v) is 2.77. The fourth-order valence-corrected chi connectivity index (χ4v) is 1.82. The number of carbonyl (C=O) groups is 3. The zero-order chi connectivity index (χ0) is 12.6. The maximum atomic E-state index is 11.8. The summed E-state index contributed by atoms with van der Waals surface area (Å²) >= 11 is 0. The van der Waals surface area contributed by atoms with E-state index in [0.29, 0.717) is 13.2 Å². The van der Waals surface area contributed by atoms with Gasteiger partial charge in [-0.15, -0.1) is 0 Å². The van der Waals surface area contributed by atoms with Crippen molar-refractivity contribution in [3.63, 3.8) is 0 Å². The SMILES string of the molecule is CC1(C)NC(=O)N(CC(=O)N2CCCO2)C1=O. The summed E-state index contributed by atoms with van der Waals surface area (Å²) in [6.07, 6.45) is 0.775. The fraction of sp³-hybridized carbons (Fsp3) is 0.700. The van der Waals surface area contributed by atoms with Crippen LogP contribution in [-0.2, 0) is 14.4 Å². The lowest BCUT2D eigenvalue weighted by molar-refractivity contribution is -0.170. The lowest BCUT2D eigenvalue weighted by Crippen LogP contribution is -2.43. The minimum absolute atomic E-state index is 0.270. The van der Waals surface area contributed by atoms with E-state index in [4.69, 9.17) is 4.84 Å². The molecule has 0 atom stereocenters. The molecular formula is C10H15N3O4. The highest BCUT2D eigenvalue weighted by atomic mass is 16.7. The largest absolute Gasteiger partial charge is 0.325 e. The molecule has 1 N–H and O–H groups in total. The number of carbonyl (C=O) groups excluding carboxylic acids is 3. The number of hydrogen-bond acceptors (Lipinski definition) is 4. The Morgan fingerprint density at radius 3 is 2.65 bits per heavy atom. The second kappa shape index (κ2) is 3.99. The van der Waals surface area contributed by atoms with Crippen molar-refractivity contribution in [3.05, 3.63) is 0 Å². The molecule has 4 amide bonds. The molecule has 0 aromatic rings. The van der Waals surface area contributed by atoms with E-state index in [1.165, 1.54) is 5.06 Å². The number of hydroxylamine groups is 2. The molecule has 2 saturated heterocycles. The highest BCUT2D eigenvalue weighted by Gasteiger charge is 2.45. The summed E-state index contributed by atoms with van der Waals surface area (Å²) in [5.41, 5.74) is -0.941. The third kappa shape index (κ3) is 2.10. The third-order valence-electron chi connectivity index (χ3n) is 2.77. The van der Waals surface area contributed by atoms with Crippen molar-refractivity contribution in [3.8, 4) is 0 Å². The van der Waals surface area contributed by atoms with Crippen LogP contribution in [0.1, 0.15) is 20.3 Å². The summed E-state index contributed by atoms with van der Waals surface area (Å²) in [6.45, 7) is 3.94. The summed E-state index contributed by atoms with van der Waals surface area (Å²) in [7, 11) is 0. The van der Waals surface area contributed by atoms with Gasteiger partial charge in [0.2, 0.25) is 0 Å². The van der Waals surface area contributed by atoms with Crippen LogP contribution in [0.3, 0.4) is 0 Å². The Labute approximate surface area is 98.6 Å². The normalized spacial score (nSPS) is 23.2. The van der Waals surface area contributed by atoms with Crippen molar-refractivity contribution in [2.75, 3.05) is 19.7 Å². The van der Waals surface area contributed by atoms with Gasteiger partial charge in [0.15, 0.2) is 0 Å². The van der Waals surface area contributed by atoms with Crippen molar-refractivity contribution < 1.29 is 19.2 Å². The van der Waals surface area contributed by atoms with Crippen LogP contribution in [0.2, 0.25) is 0 Å². The molecule has 0 radical (unpaired) electrons. The van der Waals surface area contributed by atoms with Gasteiger partial charge >= 0.3 is 6.03 Å². The van der Waals surface area contributed by atoms with Crippen molar-refractivity contribution in [2.45, 2.75) is 25.8 Å². The van der Waals surface area contributed by atoms with Gasteiger partial charge in [-0.1, -0.05) is 0 Å². The summed E-state index contributed by atoms with van der Waals surface area (Å²) in [6, 6.07) is -0.535. The first-order valence-electron chi connectivity index (χ1n) is 5.49. The quantitative estimate of drug-likeness (QED) is 0.660. The number of hydrogen-bond donors (Lipinski definition) is 1. The van der Waals surface area contributed by atoms with Crippen molar-refractivity contribution in [1.29, 1.82) is 0 Å². The van der Waals surface area contributed by atoms with Crippen LogP contribution in [-0.4, -0.2) is 53.0 Å². The van der Waals surface area contributed by atoms with Gasteiger partial charge in [-0.2, -0.15) is 0 Å². The van der Waals surface area contributed by atoms with Gasteiger partial charge in [0.05, 0.1) is 13.2 Å². The monoisotopic (exact) mass is 241 g/mol. The van der Waals surface area contributed by atoms with Gasteiger partial charge in [-0.05, 0) is 20.3 Å². The standard InChI is InChI=1S/C10H15N3O4/c1-10(2)8(15)12(9(16)11-10)6-7(14)13-4-3-5-17-13/h3-6H2,1-2H3,(H,11,16). The summed E-state index contributed by atoms with van der Waals surface area (Å²) in [5.74, 6) is -0.765. The lowest BCUT2D eigenvalue weighted by Gasteiger charge is -2.18. The maximum absolute atomic E-state index is 11.8. The average Bonchev–Trinajstić information content (AvgIpc) is 2.81. The Balaban J connectivity index is 2.01. The van der Waals surface area contributed by atoms with Crippen LogP contribution in [0.25, 0.3) is 0 Å². The number of rotatable bonds is 2. The number of nitrogens with one attached hydrogen (secondary N) is 1. The molecular weight excluding hydrogens is 226 g/mol. The first-order valence-corrected chi connectivity index (χ1v) is 5.49. The molecule has 0 bridgehead atoms. The second-order valence-electron chi connectivity index (χ2n) is 4.63. The maximum Gasteiger partial charge on any atom is 0.325 e. The minimum Gasteiger partial charge on any atom is -0.324 e. The zero-order valence-electron chi connectivity index (χ0n) is 9.86. The van der Waals surface area contributed by atoms with Gasteiger partial charge < -0.3 is 5.32 Å². The number of nitrogens with zero attached hydrogens (tertiary/aromatic N) is 2. The molecule has 0 aromatic heterocycles. The highest BCUT2D eigenvalue weighted by molar-refractivity contribution is 6.08. The fourth-order valence-electron chi connectivity index (χ4n) is 1.82. The number of imide groups is 1. The Morgan fingerprint density at radius 2 is 2.18 bits per heavy atom. The Hall–Kier alpha value is -1.63. The van der Waals surface area contributed by atoms with Gasteiger partial charge in [-0.3, -0.25) is 19.3 Å². The molecule has 2 rings (SSSR count). The molecule has 7 nitrogen and oxygen atoms in total. The van der Waals surface area contributed by atoms with Crippen molar-refractivity contribution in [2.24, 2.45) is 0 Å². The topological polar surface area (TPSA) is 79.0 Å². The van der Waals surface area contributed by atoms with E-state index in [1.54, 1.807) is 13.8 Å². The van der Waals surface area contributed by atoms with Crippen LogP contribution in [0, 0.1) is 0 Å². The average molecular weight is 241 g/mol. The van der Waals surface area contributed by atoms with E-state index in [2.05, 4.69) is 5.32 Å². The smallest absolute Gasteiger partial charge is 0.324 e. The predicted molar refractivity (Wildman–Crippen MR) is 56.6 cm³/mol. The van der Waals surface area contributed by atoms with Crippen LogP contribution in [0.15, 0.2) is 0 Å². The summed E-state index contributed by atoms with van der Waals surface area (Å²) < 4.78 is 0. The zero-order valence-corrected chi connectivity index (χ0v) is 9.86. The Morgan fingerprint density at radius 1 is 1.47 bits per heavy atom. The molecule has 2 aliphatic heterocycles. The second-order valence-corrected chi connectivity index (χ2v) is 4.63. The van der Waals surface area contributed by atoms with E-state index in [9.17, 15) is 14.4 Å². The highest BCUT2D eigenvalue weighted by Crippen LogP contribution is 2.17. The van der Waals surface area contributed by atoms with Crippen LogP contribution >= 0.6 is 0 Å². The molecule has 2 aliphatic rings. The first kappa shape index (κ1) is 11.8. The molecule has 2 fully saturated rings. The van der Waals surface area contributed by atoms with Gasteiger partial charge in [0, 0.05) is 0 Å². The van der Waals surface area contributed by atoms with E-state index in [0.717, 1.165) is 11.3 Å². The van der Waals surface area contributed by atoms with E-state index < -0.39 is 17.5 Å². The lowest BCUT2D eigenvalue weighted by atomic mass is 10.1. The molecule has 0 saturated carbocycles. The van der Waals surface area contributed by atoms with Crippen LogP contribution < -0.4 is 5.32 Å². The number of urea groups is 1. The van der Waals surface area contributed by atoms with Crippen molar-refractivity contribution >= 4 is 17.8 Å². The molecule has 2 heterocycles. The molecule has 0 aliphatic carbocycles. The first-order chi connectivity index (χ1) is 7.92. The van der Waals surface area contributed by atoms with Crippen LogP contribution in [0.4, 0.5) is 4.79 Å². The van der Waals surface area contributed by atoms with E-state index >= 15 is 0 Å². The molecule has 94 valence electrons. The number of amides is 4. The summed E-state index contributed by atoms with van der Waals surface area (Å²) in [4.78, 5) is 41.1. The van der Waals surface area contributed by atoms with Gasteiger partial charge in [0.1, 0.15) is 12.1 Å². The predicted octanol–water partition coefficient (Wildman–Crippen LogP) is -0.519. The molecule has 7 heteroatoms.